The zero-order chi connectivity index (χ0) is 16.8. The molecule has 4 nitrogen and oxygen atoms in total. The SMILES string of the molecule is COc1ccc(Br)c(CNc2ccc(C(=O)NC(C)C)cc2)c1. The van der Waals surface area contributed by atoms with Crippen LogP contribution in [0.2, 0.25) is 0 Å². The first-order valence-corrected chi connectivity index (χ1v) is 8.26. The predicted octanol–water partition coefficient (Wildman–Crippen LogP) is 4.21. The number of hydrogen-bond acceptors (Lipinski definition) is 3. The Morgan fingerprint density at radius 2 is 1.87 bits per heavy atom. The maximum Gasteiger partial charge on any atom is 0.251 e. The molecule has 0 aliphatic carbocycles. The van der Waals surface area contributed by atoms with E-state index in [1.807, 2.05) is 56.3 Å². The summed E-state index contributed by atoms with van der Waals surface area (Å²) >= 11 is 3.54. The summed E-state index contributed by atoms with van der Waals surface area (Å²) in [5.74, 6) is 0.771. The van der Waals surface area contributed by atoms with E-state index in [0.717, 1.165) is 21.5 Å². The molecule has 0 aliphatic rings. The lowest BCUT2D eigenvalue weighted by Gasteiger charge is -2.11. The average Bonchev–Trinajstić information content (AvgIpc) is 2.54. The summed E-state index contributed by atoms with van der Waals surface area (Å²) in [5.41, 5.74) is 2.72. The van der Waals surface area contributed by atoms with E-state index in [-0.39, 0.29) is 11.9 Å². The minimum absolute atomic E-state index is 0.0536. The van der Waals surface area contributed by atoms with Crippen LogP contribution in [0.5, 0.6) is 5.75 Å². The summed E-state index contributed by atoms with van der Waals surface area (Å²) < 4.78 is 6.27. The van der Waals surface area contributed by atoms with Gasteiger partial charge in [0.05, 0.1) is 7.11 Å². The monoisotopic (exact) mass is 376 g/mol. The highest BCUT2D eigenvalue weighted by Gasteiger charge is 2.07. The van der Waals surface area contributed by atoms with Crippen LogP contribution in [-0.4, -0.2) is 19.1 Å². The van der Waals surface area contributed by atoms with Gasteiger partial charge in [0.25, 0.3) is 5.91 Å². The number of methoxy groups -OCH3 is 1. The van der Waals surface area contributed by atoms with Crippen molar-refractivity contribution in [3.05, 3.63) is 58.1 Å². The van der Waals surface area contributed by atoms with Crippen LogP contribution in [0.15, 0.2) is 46.9 Å². The third-order valence-corrected chi connectivity index (χ3v) is 4.08. The van der Waals surface area contributed by atoms with Crippen molar-refractivity contribution < 1.29 is 9.53 Å². The van der Waals surface area contributed by atoms with Crippen LogP contribution in [-0.2, 0) is 6.54 Å². The van der Waals surface area contributed by atoms with E-state index in [2.05, 4.69) is 26.6 Å². The molecular weight excluding hydrogens is 356 g/mol. The summed E-state index contributed by atoms with van der Waals surface area (Å²) in [4.78, 5) is 11.9. The molecule has 0 radical (unpaired) electrons. The lowest BCUT2D eigenvalue weighted by molar-refractivity contribution is 0.0943. The predicted molar refractivity (Wildman–Crippen MR) is 97.1 cm³/mol. The smallest absolute Gasteiger partial charge is 0.251 e. The van der Waals surface area contributed by atoms with Gasteiger partial charge in [0.15, 0.2) is 0 Å². The van der Waals surface area contributed by atoms with E-state index in [1.165, 1.54) is 0 Å². The highest BCUT2D eigenvalue weighted by atomic mass is 79.9. The van der Waals surface area contributed by atoms with E-state index < -0.39 is 0 Å². The third-order valence-electron chi connectivity index (χ3n) is 3.30. The van der Waals surface area contributed by atoms with Crippen LogP contribution >= 0.6 is 15.9 Å². The number of rotatable bonds is 6. The molecule has 1 amide bonds. The van der Waals surface area contributed by atoms with E-state index in [9.17, 15) is 4.79 Å². The summed E-state index contributed by atoms with van der Waals surface area (Å²) in [6.45, 7) is 4.55. The lowest BCUT2D eigenvalue weighted by atomic mass is 10.1. The van der Waals surface area contributed by atoms with E-state index in [4.69, 9.17) is 4.74 Å². The summed E-state index contributed by atoms with van der Waals surface area (Å²) in [7, 11) is 1.65. The fraction of sp³-hybridized carbons (Fsp3) is 0.278. The van der Waals surface area contributed by atoms with Crippen LogP contribution in [0, 0.1) is 0 Å². The quantitative estimate of drug-likeness (QED) is 0.793. The fourth-order valence-electron chi connectivity index (χ4n) is 2.10. The Hall–Kier alpha value is -2.01. The molecule has 0 heterocycles. The summed E-state index contributed by atoms with van der Waals surface area (Å²) in [5, 5.41) is 6.22. The molecule has 122 valence electrons. The normalized spacial score (nSPS) is 10.5. The molecule has 0 aromatic heterocycles. The molecule has 0 atom stereocenters. The van der Waals surface area contributed by atoms with Crippen molar-refractivity contribution in [3.8, 4) is 5.75 Å². The van der Waals surface area contributed by atoms with Gasteiger partial charge in [0.2, 0.25) is 0 Å². The highest BCUT2D eigenvalue weighted by Crippen LogP contribution is 2.23. The fourth-order valence-corrected chi connectivity index (χ4v) is 2.48. The average molecular weight is 377 g/mol. The van der Waals surface area contributed by atoms with Gasteiger partial charge in [-0.05, 0) is 61.9 Å². The number of halogens is 1. The Bertz CT molecular complexity index is 669. The number of hydrogen-bond donors (Lipinski definition) is 2. The number of ether oxygens (including phenoxy) is 1. The van der Waals surface area contributed by atoms with Crippen molar-refractivity contribution in [2.24, 2.45) is 0 Å². The first kappa shape index (κ1) is 17.3. The molecule has 0 aliphatic heterocycles. The topological polar surface area (TPSA) is 50.4 Å². The first-order valence-electron chi connectivity index (χ1n) is 7.47. The molecule has 0 spiro atoms. The van der Waals surface area contributed by atoms with Crippen LogP contribution in [0.3, 0.4) is 0 Å². The first-order chi connectivity index (χ1) is 11.0. The van der Waals surface area contributed by atoms with Gasteiger partial charge in [-0.1, -0.05) is 15.9 Å². The van der Waals surface area contributed by atoms with Gasteiger partial charge in [0, 0.05) is 28.3 Å². The minimum atomic E-state index is -0.0536. The van der Waals surface area contributed by atoms with Crippen molar-refractivity contribution in [1.82, 2.24) is 5.32 Å². The largest absolute Gasteiger partial charge is 0.497 e. The van der Waals surface area contributed by atoms with Gasteiger partial charge < -0.3 is 15.4 Å². The Morgan fingerprint density at radius 3 is 2.48 bits per heavy atom. The molecule has 5 heteroatoms. The minimum Gasteiger partial charge on any atom is -0.497 e. The van der Waals surface area contributed by atoms with Gasteiger partial charge in [0.1, 0.15) is 5.75 Å². The number of nitrogens with one attached hydrogen (secondary N) is 2. The van der Waals surface area contributed by atoms with E-state index in [1.54, 1.807) is 7.11 Å². The second kappa shape index (κ2) is 8.02. The maximum atomic E-state index is 11.9. The van der Waals surface area contributed by atoms with Crippen molar-refractivity contribution in [2.75, 3.05) is 12.4 Å². The summed E-state index contributed by atoms with van der Waals surface area (Å²) in [6.07, 6.45) is 0. The second-order valence-electron chi connectivity index (χ2n) is 5.52. The third kappa shape index (κ3) is 4.99. The van der Waals surface area contributed by atoms with Crippen molar-refractivity contribution >= 4 is 27.5 Å². The highest BCUT2D eigenvalue weighted by molar-refractivity contribution is 9.10. The van der Waals surface area contributed by atoms with Gasteiger partial charge in [-0.25, -0.2) is 0 Å². The van der Waals surface area contributed by atoms with Gasteiger partial charge in [-0.2, -0.15) is 0 Å². The Balaban J connectivity index is 2.00. The summed E-state index contributed by atoms with van der Waals surface area (Å²) in [6, 6.07) is 13.5. The standard InChI is InChI=1S/C18H21BrN2O2/c1-12(2)21-18(22)13-4-6-15(7-5-13)20-11-14-10-16(23-3)8-9-17(14)19/h4-10,12,20H,11H2,1-3H3,(H,21,22). The lowest BCUT2D eigenvalue weighted by Crippen LogP contribution is -2.29. The molecule has 0 bridgehead atoms. The molecule has 2 aromatic carbocycles. The number of amides is 1. The van der Waals surface area contributed by atoms with Crippen molar-refractivity contribution in [3.63, 3.8) is 0 Å². The van der Waals surface area contributed by atoms with Crippen LogP contribution in [0.4, 0.5) is 5.69 Å². The molecule has 2 aromatic rings. The van der Waals surface area contributed by atoms with Gasteiger partial charge in [-0.15, -0.1) is 0 Å². The molecule has 0 unspecified atom stereocenters. The number of carbonyl (C=O) groups excluding carboxylic acids is 1. The van der Waals surface area contributed by atoms with Crippen LogP contribution in [0.25, 0.3) is 0 Å². The Labute approximate surface area is 145 Å². The Kier molecular flexibility index (Phi) is 6.04. The van der Waals surface area contributed by atoms with Gasteiger partial charge in [-0.3, -0.25) is 4.79 Å². The van der Waals surface area contributed by atoms with Crippen LogP contribution < -0.4 is 15.4 Å². The number of anilines is 1. The molecule has 23 heavy (non-hydrogen) atoms. The van der Waals surface area contributed by atoms with Gasteiger partial charge >= 0.3 is 0 Å². The van der Waals surface area contributed by atoms with E-state index in [0.29, 0.717) is 12.1 Å². The number of benzene rings is 2. The Morgan fingerprint density at radius 1 is 1.17 bits per heavy atom. The molecule has 0 saturated carbocycles. The second-order valence-corrected chi connectivity index (χ2v) is 6.37. The zero-order valence-corrected chi connectivity index (χ0v) is 15.1. The molecule has 0 saturated heterocycles. The molecular formula is C18H21BrN2O2. The molecule has 2 N–H and O–H groups in total. The zero-order valence-electron chi connectivity index (χ0n) is 13.5. The molecule has 0 fully saturated rings. The van der Waals surface area contributed by atoms with Crippen LogP contribution in [0.1, 0.15) is 29.8 Å². The molecule has 2 rings (SSSR count). The maximum absolute atomic E-state index is 11.9. The van der Waals surface area contributed by atoms with Crippen molar-refractivity contribution in [1.29, 1.82) is 0 Å². The van der Waals surface area contributed by atoms with E-state index >= 15 is 0 Å². The van der Waals surface area contributed by atoms with Crippen molar-refractivity contribution in [2.45, 2.75) is 26.4 Å². The number of carbonyl (C=O) groups is 1.